The maximum absolute atomic E-state index is 13.4. The number of hydrogen-bond donors (Lipinski definition) is 1. The molecule has 1 heterocycles. The van der Waals surface area contributed by atoms with Crippen LogP contribution in [0.3, 0.4) is 0 Å². The third-order valence-electron chi connectivity index (χ3n) is 5.78. The Morgan fingerprint density at radius 3 is 2.61 bits per heavy atom. The molecule has 0 radical (unpaired) electrons. The number of esters is 1. The molecule has 0 spiro atoms. The van der Waals surface area contributed by atoms with Gasteiger partial charge in [0, 0.05) is 29.0 Å². The topological polar surface area (TPSA) is 64.6 Å². The second-order valence-corrected chi connectivity index (χ2v) is 9.62. The van der Waals surface area contributed by atoms with Gasteiger partial charge in [-0.25, -0.2) is 4.79 Å². The average molecular weight is 426 g/mol. The number of carbonyl (C=O) groups excluding carboxylic acids is 2. The van der Waals surface area contributed by atoms with Crippen LogP contribution in [0.5, 0.6) is 5.75 Å². The van der Waals surface area contributed by atoms with Gasteiger partial charge < -0.3 is 14.8 Å². The predicted octanol–water partition coefficient (Wildman–Crippen LogP) is 5.42. The lowest BCUT2D eigenvalue weighted by atomic mass is 9.68. The molecule has 2 aliphatic rings. The van der Waals surface area contributed by atoms with Crippen LogP contribution in [0.2, 0.25) is 0 Å². The number of ketones is 1. The number of nitrogens with one attached hydrogen (secondary N) is 1. The molecule has 1 atom stereocenters. The van der Waals surface area contributed by atoms with Crippen molar-refractivity contribution in [1.82, 2.24) is 5.32 Å². The van der Waals surface area contributed by atoms with Gasteiger partial charge in [0.15, 0.2) is 5.78 Å². The van der Waals surface area contributed by atoms with E-state index in [9.17, 15) is 9.59 Å². The van der Waals surface area contributed by atoms with Gasteiger partial charge in [0.2, 0.25) is 0 Å². The highest BCUT2D eigenvalue weighted by molar-refractivity contribution is 6.04. The molecular weight excluding hydrogens is 390 g/mol. The van der Waals surface area contributed by atoms with Gasteiger partial charge in [0.1, 0.15) is 5.75 Å². The molecular formula is C26H35NO4. The van der Waals surface area contributed by atoms with E-state index < -0.39 is 5.92 Å². The van der Waals surface area contributed by atoms with E-state index in [2.05, 4.69) is 26.1 Å². The lowest BCUT2D eigenvalue weighted by molar-refractivity contribution is -0.139. The Morgan fingerprint density at radius 1 is 1.23 bits per heavy atom. The molecule has 168 valence electrons. The molecule has 5 nitrogen and oxygen atoms in total. The van der Waals surface area contributed by atoms with Crippen LogP contribution in [0.4, 0.5) is 0 Å². The van der Waals surface area contributed by atoms with Crippen molar-refractivity contribution in [3.8, 4) is 5.75 Å². The number of benzene rings is 1. The Kier molecular flexibility index (Phi) is 6.93. The second-order valence-electron chi connectivity index (χ2n) is 9.62. The van der Waals surface area contributed by atoms with Crippen molar-refractivity contribution >= 4 is 11.8 Å². The number of para-hydroxylation sites is 1. The fourth-order valence-corrected chi connectivity index (χ4v) is 4.48. The van der Waals surface area contributed by atoms with Gasteiger partial charge in [-0.05, 0) is 45.1 Å². The number of unbranched alkanes of at least 4 members (excludes halogenated alkanes) is 1. The number of allylic oxidation sites excluding steroid dienone is 3. The molecule has 0 unspecified atom stereocenters. The highest BCUT2D eigenvalue weighted by atomic mass is 16.5. The van der Waals surface area contributed by atoms with Gasteiger partial charge >= 0.3 is 5.97 Å². The summed E-state index contributed by atoms with van der Waals surface area (Å²) in [5.41, 5.74) is 3.54. The largest absolute Gasteiger partial charge is 0.491 e. The molecule has 31 heavy (non-hydrogen) atoms. The summed E-state index contributed by atoms with van der Waals surface area (Å²) in [6, 6.07) is 7.71. The molecule has 0 saturated heterocycles. The summed E-state index contributed by atoms with van der Waals surface area (Å²) in [4.78, 5) is 26.6. The Hall–Kier alpha value is -2.56. The lowest BCUT2D eigenvalue weighted by Gasteiger charge is -2.39. The van der Waals surface area contributed by atoms with Crippen molar-refractivity contribution in [2.75, 3.05) is 6.61 Å². The Labute approximate surface area is 185 Å². The minimum atomic E-state index is -0.496. The van der Waals surface area contributed by atoms with Crippen LogP contribution in [-0.4, -0.2) is 24.5 Å². The minimum absolute atomic E-state index is 0.0256. The Bertz CT molecular complexity index is 923. The highest BCUT2D eigenvalue weighted by Crippen LogP contribution is 2.48. The molecule has 1 N–H and O–H groups in total. The van der Waals surface area contributed by atoms with E-state index in [1.54, 1.807) is 0 Å². The minimum Gasteiger partial charge on any atom is -0.491 e. The van der Waals surface area contributed by atoms with Crippen molar-refractivity contribution < 1.29 is 19.1 Å². The molecule has 5 heteroatoms. The van der Waals surface area contributed by atoms with Gasteiger partial charge in [-0.2, -0.15) is 0 Å². The molecule has 3 rings (SSSR count). The van der Waals surface area contributed by atoms with Gasteiger partial charge in [0.05, 0.1) is 24.2 Å². The van der Waals surface area contributed by atoms with Gasteiger partial charge in [0.25, 0.3) is 0 Å². The zero-order chi connectivity index (χ0) is 22.8. The van der Waals surface area contributed by atoms with E-state index in [0.717, 1.165) is 36.2 Å². The van der Waals surface area contributed by atoms with E-state index in [1.165, 1.54) is 0 Å². The fourth-order valence-electron chi connectivity index (χ4n) is 4.48. The normalized spacial score (nSPS) is 20.5. The maximum atomic E-state index is 13.4. The second kappa shape index (κ2) is 9.29. The van der Waals surface area contributed by atoms with Crippen molar-refractivity contribution in [1.29, 1.82) is 0 Å². The summed E-state index contributed by atoms with van der Waals surface area (Å²) >= 11 is 0. The summed E-state index contributed by atoms with van der Waals surface area (Å²) in [5.74, 6) is -0.0917. The lowest BCUT2D eigenvalue weighted by Crippen LogP contribution is -2.38. The number of rotatable bonds is 7. The van der Waals surface area contributed by atoms with Crippen LogP contribution in [0.1, 0.15) is 78.7 Å². The van der Waals surface area contributed by atoms with Crippen LogP contribution in [0, 0.1) is 5.41 Å². The first kappa shape index (κ1) is 23.1. The standard InChI is InChI=1S/C26H35NO4/c1-7-8-13-30-25(29)22-17(4)27-19-14-26(5,6)15-20(28)24(19)23(22)18-11-9-10-12-21(18)31-16(2)3/h9-12,16,23,27H,7-8,13-15H2,1-6H3/t23-/m0/s1. The number of hydrogen-bond acceptors (Lipinski definition) is 5. The first-order valence-electron chi connectivity index (χ1n) is 11.3. The quantitative estimate of drug-likeness (QED) is 0.467. The van der Waals surface area contributed by atoms with Crippen molar-refractivity contribution in [2.24, 2.45) is 5.41 Å². The van der Waals surface area contributed by atoms with Crippen molar-refractivity contribution in [3.63, 3.8) is 0 Å². The van der Waals surface area contributed by atoms with Crippen LogP contribution in [0.25, 0.3) is 0 Å². The van der Waals surface area contributed by atoms with E-state index in [4.69, 9.17) is 9.47 Å². The molecule has 0 aromatic heterocycles. The molecule has 1 aromatic rings. The van der Waals surface area contributed by atoms with E-state index in [0.29, 0.717) is 29.9 Å². The molecule has 0 saturated carbocycles. The number of carbonyl (C=O) groups is 2. The fraction of sp³-hybridized carbons (Fsp3) is 0.538. The molecule has 0 bridgehead atoms. The van der Waals surface area contributed by atoms with Crippen molar-refractivity contribution in [2.45, 2.75) is 79.2 Å². The average Bonchev–Trinajstić information content (AvgIpc) is 2.66. The van der Waals surface area contributed by atoms with Crippen LogP contribution in [-0.2, 0) is 14.3 Å². The van der Waals surface area contributed by atoms with E-state index >= 15 is 0 Å². The SMILES string of the molecule is CCCCOC(=O)C1=C(C)NC2=C(C(=O)CC(C)(C)C2)[C@H]1c1ccccc1OC(C)C. The Morgan fingerprint density at radius 2 is 1.94 bits per heavy atom. The van der Waals surface area contributed by atoms with Gasteiger partial charge in [-0.3, -0.25) is 4.79 Å². The molecule has 1 aliphatic heterocycles. The molecule has 0 fully saturated rings. The van der Waals surface area contributed by atoms with E-state index in [-0.39, 0.29) is 23.3 Å². The van der Waals surface area contributed by atoms with Gasteiger partial charge in [-0.1, -0.05) is 45.4 Å². The summed E-state index contributed by atoms with van der Waals surface area (Å²) in [6.45, 7) is 12.5. The first-order chi connectivity index (χ1) is 14.6. The summed E-state index contributed by atoms with van der Waals surface area (Å²) < 4.78 is 11.7. The number of Topliss-reactive ketones (excluding diaryl/α,β-unsaturated/α-hetero) is 1. The molecule has 1 aliphatic carbocycles. The van der Waals surface area contributed by atoms with E-state index in [1.807, 2.05) is 45.0 Å². The Balaban J connectivity index is 2.14. The third-order valence-corrected chi connectivity index (χ3v) is 5.78. The smallest absolute Gasteiger partial charge is 0.336 e. The maximum Gasteiger partial charge on any atom is 0.336 e. The summed E-state index contributed by atoms with van der Waals surface area (Å²) in [5, 5.41) is 3.38. The third kappa shape index (κ3) is 5.03. The first-order valence-corrected chi connectivity index (χ1v) is 11.3. The number of dihydropyridines is 1. The zero-order valence-electron chi connectivity index (χ0n) is 19.6. The van der Waals surface area contributed by atoms with Crippen molar-refractivity contribution in [3.05, 3.63) is 52.4 Å². The van der Waals surface area contributed by atoms with Crippen LogP contribution < -0.4 is 10.1 Å². The highest BCUT2D eigenvalue weighted by Gasteiger charge is 2.44. The molecule has 0 amide bonds. The van der Waals surface area contributed by atoms with Gasteiger partial charge in [-0.15, -0.1) is 0 Å². The van der Waals surface area contributed by atoms with Crippen LogP contribution in [0.15, 0.2) is 46.8 Å². The molecule has 1 aromatic carbocycles. The number of ether oxygens (including phenoxy) is 2. The predicted molar refractivity (Wildman–Crippen MR) is 122 cm³/mol. The van der Waals surface area contributed by atoms with Crippen LogP contribution >= 0.6 is 0 Å². The zero-order valence-corrected chi connectivity index (χ0v) is 19.6. The summed E-state index contributed by atoms with van der Waals surface area (Å²) in [6.07, 6.45) is 2.94. The monoisotopic (exact) mass is 425 g/mol. The summed E-state index contributed by atoms with van der Waals surface area (Å²) in [7, 11) is 0.